The number of benzene rings is 1. The third-order valence-electron chi connectivity index (χ3n) is 5.98. The van der Waals surface area contributed by atoms with E-state index in [9.17, 15) is 0 Å². The van der Waals surface area contributed by atoms with E-state index in [4.69, 9.17) is 9.16 Å². The Balaban J connectivity index is 2.78. The van der Waals surface area contributed by atoms with E-state index in [1.165, 1.54) is 11.1 Å². The van der Waals surface area contributed by atoms with E-state index < -0.39 is 31.6 Å². The molecule has 28 heavy (non-hydrogen) atoms. The van der Waals surface area contributed by atoms with E-state index in [2.05, 4.69) is 97.9 Å². The summed E-state index contributed by atoms with van der Waals surface area (Å²) in [6.07, 6.45) is 0. The highest BCUT2D eigenvalue weighted by Gasteiger charge is 2.64. The van der Waals surface area contributed by atoms with Gasteiger partial charge in [0.1, 0.15) is 0 Å². The third-order valence-corrected chi connectivity index (χ3v) is 37.8. The molecule has 1 aromatic rings. The third kappa shape index (κ3) is 4.67. The number of hydrogen-bond acceptors (Lipinski definition) is 2. The molecule has 0 saturated carbocycles. The van der Waals surface area contributed by atoms with Crippen molar-refractivity contribution in [2.24, 2.45) is 0 Å². The number of fused-ring (bicyclic) bond motifs is 1. The van der Waals surface area contributed by atoms with Crippen molar-refractivity contribution in [3.8, 4) is 0 Å². The van der Waals surface area contributed by atoms with E-state index >= 15 is 0 Å². The van der Waals surface area contributed by atoms with Gasteiger partial charge in [-0.15, -0.1) is 0 Å². The Bertz CT molecular complexity index is 691. The average molecular weight is 453 g/mol. The van der Waals surface area contributed by atoms with Gasteiger partial charge in [0.2, 0.25) is 7.83 Å². The number of ether oxygens (including phenoxy) is 1. The highest BCUT2D eigenvalue weighted by molar-refractivity contribution is 7.49. The maximum Gasteiger partial charge on any atom is 0.208 e. The molecule has 0 amide bonds. The summed E-state index contributed by atoms with van der Waals surface area (Å²) in [7, 11) is -6.55. The second-order valence-electron chi connectivity index (χ2n) is 12.8. The second kappa shape index (κ2) is 7.61. The van der Waals surface area contributed by atoms with Crippen LogP contribution in [0, 0.1) is 0 Å². The van der Waals surface area contributed by atoms with Crippen molar-refractivity contribution >= 4 is 36.8 Å². The lowest BCUT2D eigenvalue weighted by Crippen LogP contribution is -2.76. The van der Waals surface area contributed by atoms with Crippen LogP contribution in [0.4, 0.5) is 0 Å². The van der Waals surface area contributed by atoms with Crippen LogP contribution in [-0.2, 0) is 22.4 Å². The van der Waals surface area contributed by atoms with Gasteiger partial charge in [0.25, 0.3) is 0 Å². The first-order valence-electron chi connectivity index (χ1n) is 10.8. The lowest BCUT2D eigenvalue weighted by molar-refractivity contribution is -0.0146. The summed E-state index contributed by atoms with van der Waals surface area (Å²) in [5.74, 6) is 0. The van der Waals surface area contributed by atoms with Gasteiger partial charge >= 0.3 is 0 Å². The van der Waals surface area contributed by atoms with E-state index in [0.717, 1.165) is 11.4 Å². The van der Waals surface area contributed by atoms with Gasteiger partial charge in [-0.05, 0) is 41.9 Å². The molecule has 1 aliphatic rings. The van der Waals surface area contributed by atoms with Crippen LogP contribution in [0.2, 0.25) is 63.7 Å². The van der Waals surface area contributed by atoms with E-state index in [1.807, 2.05) is 0 Å². The minimum atomic E-state index is -2.11. The predicted molar refractivity (Wildman–Crippen MR) is 135 cm³/mol. The Morgan fingerprint density at radius 2 is 1.50 bits per heavy atom. The molecule has 0 aliphatic carbocycles. The molecular formula is C22H44O2Si4. The molecule has 0 spiro atoms. The highest BCUT2D eigenvalue weighted by Crippen LogP contribution is 2.47. The summed E-state index contributed by atoms with van der Waals surface area (Å²) >= 11 is 0. The molecule has 0 radical (unpaired) electrons. The summed E-state index contributed by atoms with van der Waals surface area (Å²) in [4.78, 5) is 0.816. The summed E-state index contributed by atoms with van der Waals surface area (Å²) in [5.41, 5.74) is 2.76. The molecule has 1 aromatic carbocycles. The Morgan fingerprint density at radius 3 is 1.93 bits per heavy atom. The minimum absolute atomic E-state index is 0.123. The van der Waals surface area contributed by atoms with Crippen LogP contribution in [0.15, 0.2) is 18.2 Å². The summed E-state index contributed by atoms with van der Waals surface area (Å²) < 4.78 is 13.5. The molecule has 1 aliphatic heterocycles. The van der Waals surface area contributed by atoms with Crippen molar-refractivity contribution in [3.63, 3.8) is 0 Å². The normalized spacial score (nSPS) is 21.3. The first-order chi connectivity index (χ1) is 12.4. The fourth-order valence-corrected chi connectivity index (χ4v) is 54.4. The number of rotatable bonds is 6. The standard InChI is InChI=1S/C22H44O2Si4/c1-22(2,3)23-16-18-14-13-15-19-17-24-28(20(18)19,27(10,11)12)21(25(4,5)6)26(7,8)9/h13-15,21H,16-17H2,1-12H3. The maximum absolute atomic E-state index is 7.18. The lowest BCUT2D eigenvalue weighted by atomic mass is 10.1. The Hall–Kier alpha value is 0.00753. The second-order valence-corrected chi connectivity index (χ2v) is 39.2. The molecule has 160 valence electrons. The van der Waals surface area contributed by atoms with Crippen LogP contribution >= 0.6 is 0 Å². The topological polar surface area (TPSA) is 18.5 Å². The molecule has 0 N–H and O–H groups in total. The van der Waals surface area contributed by atoms with Crippen LogP contribution in [0.5, 0.6) is 0 Å². The van der Waals surface area contributed by atoms with Crippen molar-refractivity contribution < 1.29 is 9.16 Å². The average Bonchev–Trinajstić information content (AvgIpc) is 2.82. The van der Waals surface area contributed by atoms with Crippen molar-refractivity contribution in [2.75, 3.05) is 0 Å². The SMILES string of the molecule is CC(C)(C)OCc1cccc2c1[Si](C([Si](C)(C)C)[Si](C)(C)C)([Si](C)(C)C)OC2. The molecule has 2 nitrogen and oxygen atoms in total. The van der Waals surface area contributed by atoms with Crippen molar-refractivity contribution in [3.05, 3.63) is 29.3 Å². The summed E-state index contributed by atoms with van der Waals surface area (Å²) in [5, 5.41) is 1.65. The molecule has 0 aromatic heterocycles. The summed E-state index contributed by atoms with van der Waals surface area (Å²) in [6, 6.07) is 6.87. The number of hydrogen-bond donors (Lipinski definition) is 0. The van der Waals surface area contributed by atoms with E-state index in [-0.39, 0.29) is 5.60 Å². The van der Waals surface area contributed by atoms with Crippen LogP contribution in [-0.4, -0.2) is 37.2 Å². The van der Waals surface area contributed by atoms with Gasteiger partial charge in [-0.25, -0.2) is 0 Å². The van der Waals surface area contributed by atoms with Crippen molar-refractivity contribution in [1.82, 2.24) is 0 Å². The van der Waals surface area contributed by atoms with E-state index in [0.29, 0.717) is 6.61 Å². The molecule has 1 unspecified atom stereocenters. The zero-order valence-corrected chi connectivity index (χ0v) is 24.5. The van der Waals surface area contributed by atoms with Gasteiger partial charge in [-0.2, -0.15) is 0 Å². The van der Waals surface area contributed by atoms with E-state index in [1.54, 1.807) is 5.19 Å². The van der Waals surface area contributed by atoms with Crippen LogP contribution < -0.4 is 5.19 Å². The van der Waals surface area contributed by atoms with Crippen LogP contribution in [0.3, 0.4) is 0 Å². The van der Waals surface area contributed by atoms with Crippen molar-refractivity contribution in [2.45, 2.75) is 103 Å². The molecule has 0 saturated heterocycles. The monoisotopic (exact) mass is 452 g/mol. The molecular weight excluding hydrogens is 409 g/mol. The minimum Gasteiger partial charge on any atom is -0.411 e. The fraction of sp³-hybridized carbons (Fsp3) is 0.727. The molecule has 6 heteroatoms. The zero-order chi connectivity index (χ0) is 21.8. The molecule has 1 atom stereocenters. The zero-order valence-electron chi connectivity index (χ0n) is 20.5. The maximum atomic E-state index is 7.18. The van der Waals surface area contributed by atoms with Gasteiger partial charge in [0, 0.05) is 16.1 Å². The quantitative estimate of drug-likeness (QED) is 0.476. The Kier molecular flexibility index (Phi) is 6.60. The predicted octanol–water partition coefficient (Wildman–Crippen LogP) is 6.23. The van der Waals surface area contributed by atoms with Crippen LogP contribution in [0.25, 0.3) is 0 Å². The van der Waals surface area contributed by atoms with Gasteiger partial charge in [-0.1, -0.05) is 77.1 Å². The first kappa shape index (κ1) is 24.3. The van der Waals surface area contributed by atoms with Gasteiger partial charge in [-0.3, -0.25) is 0 Å². The van der Waals surface area contributed by atoms with Gasteiger partial charge < -0.3 is 9.16 Å². The first-order valence-corrected chi connectivity index (χ1v) is 24.4. The molecule has 0 bridgehead atoms. The van der Waals surface area contributed by atoms with Crippen LogP contribution in [0.1, 0.15) is 31.9 Å². The molecule has 0 fully saturated rings. The Morgan fingerprint density at radius 1 is 0.964 bits per heavy atom. The lowest BCUT2D eigenvalue weighted by Gasteiger charge is -2.53. The Labute approximate surface area is 178 Å². The fourth-order valence-electron chi connectivity index (χ4n) is 5.70. The molecule has 2 rings (SSSR count). The molecule has 1 heterocycles. The summed E-state index contributed by atoms with van der Waals surface area (Å²) in [6.45, 7) is 31.3. The van der Waals surface area contributed by atoms with Gasteiger partial charge in [0.05, 0.1) is 26.4 Å². The largest absolute Gasteiger partial charge is 0.411 e. The van der Waals surface area contributed by atoms with Gasteiger partial charge in [0.15, 0.2) is 0 Å². The smallest absolute Gasteiger partial charge is 0.208 e. The van der Waals surface area contributed by atoms with Crippen molar-refractivity contribution in [1.29, 1.82) is 0 Å². The highest BCUT2D eigenvalue weighted by atomic mass is 29.3.